The molecule has 0 aromatic rings. The summed E-state index contributed by atoms with van der Waals surface area (Å²) in [5.74, 6) is -0.204. The molecule has 0 radical (unpaired) electrons. The maximum absolute atomic E-state index is 10.6. The molecule has 2 nitrogen and oxygen atoms in total. The predicted molar refractivity (Wildman–Crippen MR) is 37.9 cm³/mol. The molecule has 0 saturated carbocycles. The highest BCUT2D eigenvalue weighted by atomic mass is 16.1. The van der Waals surface area contributed by atoms with E-state index in [-0.39, 0.29) is 11.3 Å². The summed E-state index contributed by atoms with van der Waals surface area (Å²) in [5, 5.41) is 0. The molecule has 2 heteroatoms. The van der Waals surface area contributed by atoms with Crippen molar-refractivity contribution in [3.63, 3.8) is 0 Å². The number of primary amides is 1. The number of rotatable bonds is 3. The van der Waals surface area contributed by atoms with Crippen LogP contribution in [0, 0.1) is 5.41 Å². The van der Waals surface area contributed by atoms with Crippen molar-refractivity contribution in [1.82, 2.24) is 0 Å². The van der Waals surface area contributed by atoms with Crippen LogP contribution in [0.2, 0.25) is 0 Å². The first-order valence-electron chi connectivity index (χ1n) is 3.30. The van der Waals surface area contributed by atoms with Gasteiger partial charge in [0.25, 0.3) is 0 Å². The zero-order valence-electron chi connectivity index (χ0n) is 6.40. The van der Waals surface area contributed by atoms with Gasteiger partial charge in [0.15, 0.2) is 0 Å². The van der Waals surface area contributed by atoms with Gasteiger partial charge in [-0.1, -0.05) is 27.2 Å². The molecule has 0 aromatic carbocycles. The van der Waals surface area contributed by atoms with Crippen molar-refractivity contribution in [3.8, 4) is 0 Å². The van der Waals surface area contributed by atoms with Gasteiger partial charge in [-0.25, -0.2) is 0 Å². The molecule has 0 fully saturated rings. The highest BCUT2D eigenvalue weighted by molar-refractivity contribution is 5.79. The second kappa shape index (κ2) is 2.85. The molecule has 0 aromatic heterocycles. The highest BCUT2D eigenvalue weighted by Crippen LogP contribution is 2.20. The van der Waals surface area contributed by atoms with Gasteiger partial charge in [0, 0.05) is 5.41 Å². The van der Waals surface area contributed by atoms with Crippen LogP contribution in [-0.4, -0.2) is 5.91 Å². The quantitative estimate of drug-likeness (QED) is 0.613. The highest BCUT2D eigenvalue weighted by Gasteiger charge is 2.22. The summed E-state index contributed by atoms with van der Waals surface area (Å²) in [6.45, 7) is 5.79. The fraction of sp³-hybridized carbons (Fsp3) is 0.857. The first-order chi connectivity index (χ1) is 4.00. The fourth-order valence-electron chi connectivity index (χ4n) is 0.748. The summed E-state index contributed by atoms with van der Waals surface area (Å²) in [6, 6.07) is 0. The normalized spacial score (nSPS) is 11.4. The van der Waals surface area contributed by atoms with Gasteiger partial charge in [-0.2, -0.15) is 0 Å². The minimum Gasteiger partial charge on any atom is -0.369 e. The lowest BCUT2D eigenvalue weighted by atomic mass is 9.88. The van der Waals surface area contributed by atoms with Gasteiger partial charge in [0.1, 0.15) is 0 Å². The standard InChI is InChI=1S/C7H15NO/c1-4-5-7(2,3)6(8)9/h4-5H2,1-3H3,(H2,8,9). The van der Waals surface area contributed by atoms with Crippen LogP contribution in [-0.2, 0) is 4.79 Å². The molecular formula is C7H15NO. The number of hydrogen-bond acceptors (Lipinski definition) is 1. The zero-order chi connectivity index (χ0) is 7.49. The molecule has 0 aliphatic heterocycles. The van der Waals surface area contributed by atoms with Gasteiger partial charge in [0.2, 0.25) is 5.91 Å². The SMILES string of the molecule is CCCC(C)(C)C(N)=O. The maximum Gasteiger partial charge on any atom is 0.223 e. The third kappa shape index (κ3) is 2.49. The third-order valence-corrected chi connectivity index (χ3v) is 1.54. The van der Waals surface area contributed by atoms with E-state index < -0.39 is 0 Å². The number of nitrogens with two attached hydrogens (primary N) is 1. The van der Waals surface area contributed by atoms with Gasteiger partial charge in [-0.3, -0.25) is 4.79 Å². The first kappa shape index (κ1) is 8.47. The van der Waals surface area contributed by atoms with Crippen molar-refractivity contribution in [1.29, 1.82) is 0 Å². The van der Waals surface area contributed by atoms with Crippen molar-refractivity contribution in [3.05, 3.63) is 0 Å². The van der Waals surface area contributed by atoms with Crippen LogP contribution in [0.5, 0.6) is 0 Å². The van der Waals surface area contributed by atoms with E-state index in [1.165, 1.54) is 0 Å². The molecule has 0 unspecified atom stereocenters. The van der Waals surface area contributed by atoms with Crippen molar-refractivity contribution in [2.75, 3.05) is 0 Å². The van der Waals surface area contributed by atoms with Gasteiger partial charge >= 0.3 is 0 Å². The molecule has 0 saturated heterocycles. The number of carbonyl (C=O) groups is 1. The average Bonchev–Trinajstić information content (AvgIpc) is 1.65. The molecule has 0 heterocycles. The van der Waals surface area contributed by atoms with E-state index in [4.69, 9.17) is 5.73 Å². The van der Waals surface area contributed by atoms with E-state index in [0.29, 0.717) is 0 Å². The molecule has 2 N–H and O–H groups in total. The predicted octanol–water partition coefficient (Wildman–Crippen LogP) is 1.30. The molecule has 0 bridgehead atoms. The smallest absolute Gasteiger partial charge is 0.223 e. The second-order valence-corrected chi connectivity index (χ2v) is 3.00. The summed E-state index contributed by atoms with van der Waals surface area (Å²) < 4.78 is 0. The molecule has 0 aliphatic carbocycles. The van der Waals surface area contributed by atoms with Crippen molar-refractivity contribution in [2.24, 2.45) is 11.1 Å². The van der Waals surface area contributed by atoms with Crippen molar-refractivity contribution < 1.29 is 4.79 Å². The summed E-state index contributed by atoms with van der Waals surface area (Å²) in [5.41, 5.74) is 4.81. The monoisotopic (exact) mass is 129 g/mol. The van der Waals surface area contributed by atoms with Crippen LogP contribution in [0.3, 0.4) is 0 Å². The Balaban J connectivity index is 3.85. The fourth-order valence-corrected chi connectivity index (χ4v) is 0.748. The molecule has 0 aliphatic rings. The summed E-state index contributed by atoms with van der Waals surface area (Å²) in [7, 11) is 0. The molecule has 54 valence electrons. The number of hydrogen-bond donors (Lipinski definition) is 1. The lowest BCUT2D eigenvalue weighted by Crippen LogP contribution is -2.31. The molecule has 0 spiro atoms. The third-order valence-electron chi connectivity index (χ3n) is 1.54. The van der Waals surface area contributed by atoms with Crippen LogP contribution in [0.1, 0.15) is 33.6 Å². The van der Waals surface area contributed by atoms with Gasteiger partial charge < -0.3 is 5.73 Å². The summed E-state index contributed by atoms with van der Waals surface area (Å²) in [4.78, 5) is 10.6. The van der Waals surface area contributed by atoms with Crippen molar-refractivity contribution in [2.45, 2.75) is 33.6 Å². The second-order valence-electron chi connectivity index (χ2n) is 3.00. The molecule has 1 amide bonds. The Morgan fingerprint density at radius 1 is 1.56 bits per heavy atom. The Morgan fingerprint density at radius 2 is 2.00 bits per heavy atom. The Kier molecular flexibility index (Phi) is 2.68. The maximum atomic E-state index is 10.6. The van der Waals surface area contributed by atoms with Gasteiger partial charge in [-0.15, -0.1) is 0 Å². The summed E-state index contributed by atoms with van der Waals surface area (Å²) >= 11 is 0. The van der Waals surface area contributed by atoms with Crippen LogP contribution in [0.4, 0.5) is 0 Å². The van der Waals surface area contributed by atoms with E-state index >= 15 is 0 Å². The van der Waals surface area contributed by atoms with Crippen LogP contribution >= 0.6 is 0 Å². The van der Waals surface area contributed by atoms with E-state index in [1.54, 1.807) is 0 Å². The number of amides is 1. The van der Waals surface area contributed by atoms with Crippen LogP contribution < -0.4 is 5.73 Å². The minimum absolute atomic E-state index is 0.204. The van der Waals surface area contributed by atoms with Gasteiger partial charge in [-0.05, 0) is 6.42 Å². The number of carbonyl (C=O) groups excluding carboxylic acids is 1. The van der Waals surface area contributed by atoms with Crippen LogP contribution in [0.15, 0.2) is 0 Å². The Labute approximate surface area is 56.4 Å². The van der Waals surface area contributed by atoms with E-state index in [0.717, 1.165) is 12.8 Å². The van der Waals surface area contributed by atoms with Crippen molar-refractivity contribution >= 4 is 5.91 Å². The molecular weight excluding hydrogens is 114 g/mol. The first-order valence-corrected chi connectivity index (χ1v) is 3.30. The Morgan fingerprint density at radius 3 is 2.11 bits per heavy atom. The average molecular weight is 129 g/mol. The largest absolute Gasteiger partial charge is 0.369 e. The molecule has 0 atom stereocenters. The van der Waals surface area contributed by atoms with Gasteiger partial charge in [0.05, 0.1) is 0 Å². The van der Waals surface area contributed by atoms with E-state index in [2.05, 4.69) is 0 Å². The minimum atomic E-state index is -0.311. The van der Waals surface area contributed by atoms with E-state index in [9.17, 15) is 4.79 Å². The molecule has 9 heavy (non-hydrogen) atoms. The topological polar surface area (TPSA) is 43.1 Å². The lowest BCUT2D eigenvalue weighted by molar-refractivity contribution is -0.126. The Bertz CT molecular complexity index is 107. The van der Waals surface area contributed by atoms with E-state index in [1.807, 2.05) is 20.8 Å². The lowest BCUT2D eigenvalue weighted by Gasteiger charge is -2.18. The summed E-state index contributed by atoms with van der Waals surface area (Å²) in [6.07, 6.45) is 1.89. The Hall–Kier alpha value is -0.530. The zero-order valence-corrected chi connectivity index (χ0v) is 6.40. The van der Waals surface area contributed by atoms with Crippen LogP contribution in [0.25, 0.3) is 0 Å². The molecule has 0 rings (SSSR count).